The van der Waals surface area contributed by atoms with Gasteiger partial charge in [0.15, 0.2) is 0 Å². The Hall–Kier alpha value is -2.04. The van der Waals surface area contributed by atoms with Gasteiger partial charge in [0.2, 0.25) is 12.8 Å². The average molecular weight is 220 g/mol. The van der Waals surface area contributed by atoms with E-state index >= 15 is 0 Å². The summed E-state index contributed by atoms with van der Waals surface area (Å²) in [6.45, 7) is 1.91. The number of nitrogens with one attached hydrogen (secondary N) is 2. The summed E-state index contributed by atoms with van der Waals surface area (Å²) in [4.78, 5) is 20.8. The molecule has 16 heavy (non-hydrogen) atoms. The normalized spacial score (nSPS) is 9.88. The number of rotatable bonds is 6. The minimum atomic E-state index is 0.445. The van der Waals surface area contributed by atoms with Crippen molar-refractivity contribution in [1.82, 2.24) is 5.32 Å². The van der Waals surface area contributed by atoms with E-state index in [4.69, 9.17) is 5.73 Å². The van der Waals surface area contributed by atoms with Crippen molar-refractivity contribution in [2.75, 3.05) is 11.1 Å². The zero-order valence-electron chi connectivity index (χ0n) is 8.99. The average Bonchev–Trinajstić information content (AvgIpc) is 2.30. The third-order valence-corrected chi connectivity index (χ3v) is 2.23. The van der Waals surface area contributed by atoms with Gasteiger partial charge in [-0.2, -0.15) is 0 Å². The van der Waals surface area contributed by atoms with Crippen LogP contribution in [0.2, 0.25) is 0 Å². The number of nitrogens with two attached hydrogens (primary N) is 1. The fourth-order valence-corrected chi connectivity index (χ4v) is 1.46. The first-order valence-electron chi connectivity index (χ1n) is 4.89. The van der Waals surface area contributed by atoms with Crippen molar-refractivity contribution >= 4 is 24.2 Å². The van der Waals surface area contributed by atoms with Gasteiger partial charge in [0, 0.05) is 5.56 Å². The maximum atomic E-state index is 10.4. The largest absolute Gasteiger partial charge is 0.397 e. The van der Waals surface area contributed by atoms with E-state index in [9.17, 15) is 9.59 Å². The highest BCUT2D eigenvalue weighted by Gasteiger charge is 2.14. The Morgan fingerprint density at radius 1 is 1.38 bits per heavy atom. The summed E-state index contributed by atoms with van der Waals surface area (Å²) in [5, 5.41) is 5.10. The Bertz CT molecular complexity index is 379. The molecule has 4 N–H and O–H groups in total. The molecule has 1 radical (unpaired) electrons. The van der Waals surface area contributed by atoms with E-state index in [2.05, 4.69) is 10.6 Å². The van der Waals surface area contributed by atoms with Crippen molar-refractivity contribution in [2.45, 2.75) is 13.3 Å². The van der Waals surface area contributed by atoms with Crippen molar-refractivity contribution in [3.63, 3.8) is 0 Å². The molecule has 1 aromatic rings. The van der Waals surface area contributed by atoms with E-state index in [0.717, 1.165) is 11.6 Å². The molecule has 0 saturated carbocycles. The van der Waals surface area contributed by atoms with Gasteiger partial charge in [-0.3, -0.25) is 9.59 Å². The molecule has 0 aromatic heterocycles. The lowest BCUT2D eigenvalue weighted by Crippen LogP contribution is -2.21. The van der Waals surface area contributed by atoms with Crippen LogP contribution in [-0.2, 0) is 9.59 Å². The number of hydrogen-bond donors (Lipinski definition) is 3. The van der Waals surface area contributed by atoms with Crippen LogP contribution in [0.1, 0.15) is 18.9 Å². The van der Waals surface area contributed by atoms with Gasteiger partial charge < -0.3 is 16.4 Å². The van der Waals surface area contributed by atoms with Crippen LogP contribution in [-0.4, -0.2) is 12.8 Å². The number of carbonyl (C=O) groups excluding carboxylic acids is 2. The predicted octanol–water partition coefficient (Wildman–Crippen LogP) is 0.873. The SMILES string of the molecule is CC[C](NC=O)c1cccc(NC=O)c1N. The van der Waals surface area contributed by atoms with E-state index in [0.29, 0.717) is 30.6 Å². The molecule has 0 saturated heterocycles. The van der Waals surface area contributed by atoms with Crippen LogP contribution in [0.3, 0.4) is 0 Å². The lowest BCUT2D eigenvalue weighted by atomic mass is 10.0. The zero-order chi connectivity index (χ0) is 12.0. The second-order valence-corrected chi connectivity index (χ2v) is 3.12. The molecule has 0 bridgehead atoms. The van der Waals surface area contributed by atoms with Crippen LogP contribution in [0.5, 0.6) is 0 Å². The van der Waals surface area contributed by atoms with Crippen molar-refractivity contribution < 1.29 is 9.59 Å². The first kappa shape index (κ1) is 12.0. The van der Waals surface area contributed by atoms with Gasteiger partial charge in [-0.15, -0.1) is 0 Å². The molecule has 5 nitrogen and oxygen atoms in total. The first-order chi connectivity index (χ1) is 7.74. The van der Waals surface area contributed by atoms with Gasteiger partial charge in [0.1, 0.15) is 0 Å². The first-order valence-corrected chi connectivity index (χ1v) is 4.89. The molecule has 2 amide bonds. The van der Waals surface area contributed by atoms with E-state index < -0.39 is 0 Å². The fraction of sp³-hybridized carbons (Fsp3) is 0.182. The van der Waals surface area contributed by atoms with Crippen LogP contribution >= 0.6 is 0 Å². The molecule has 0 spiro atoms. The Morgan fingerprint density at radius 3 is 2.69 bits per heavy atom. The molecule has 0 atom stereocenters. The molecule has 5 heteroatoms. The molecular formula is C11H14N3O2. The smallest absolute Gasteiger partial charge is 0.211 e. The molecule has 0 heterocycles. The maximum Gasteiger partial charge on any atom is 0.211 e. The minimum absolute atomic E-state index is 0.445. The highest BCUT2D eigenvalue weighted by molar-refractivity contribution is 5.82. The summed E-state index contributed by atoms with van der Waals surface area (Å²) in [6.07, 6.45) is 1.82. The van der Waals surface area contributed by atoms with E-state index in [-0.39, 0.29) is 0 Å². The third kappa shape index (κ3) is 2.50. The van der Waals surface area contributed by atoms with Gasteiger partial charge in [-0.05, 0) is 12.5 Å². The second kappa shape index (κ2) is 5.75. The molecule has 0 unspecified atom stereocenters. The highest BCUT2D eigenvalue weighted by Crippen LogP contribution is 2.28. The summed E-state index contributed by atoms with van der Waals surface area (Å²) >= 11 is 0. The van der Waals surface area contributed by atoms with Crippen molar-refractivity contribution in [3.8, 4) is 0 Å². The molecule has 85 valence electrons. The van der Waals surface area contributed by atoms with Crippen LogP contribution in [0, 0.1) is 6.04 Å². The van der Waals surface area contributed by atoms with Gasteiger partial charge in [-0.25, -0.2) is 0 Å². The van der Waals surface area contributed by atoms with Gasteiger partial charge in [-0.1, -0.05) is 19.1 Å². The number of carbonyl (C=O) groups is 2. The monoisotopic (exact) mass is 220 g/mol. The van der Waals surface area contributed by atoms with Crippen molar-refractivity contribution in [1.29, 1.82) is 0 Å². The number of benzene rings is 1. The zero-order valence-corrected chi connectivity index (χ0v) is 8.99. The Morgan fingerprint density at radius 2 is 2.12 bits per heavy atom. The standard InChI is InChI=1S/C11H14N3O2/c1-2-9(13-6-15)8-4-3-5-10(11(8)12)14-7-16/h3-7H,2,12H2,1H3,(H,13,15)(H,14,16). The molecule has 0 aliphatic heterocycles. The summed E-state index contributed by atoms with van der Waals surface area (Å²) in [6, 6.07) is 5.98. The predicted molar refractivity (Wildman–Crippen MR) is 62.4 cm³/mol. The molecule has 0 fully saturated rings. The van der Waals surface area contributed by atoms with E-state index in [1.807, 2.05) is 6.92 Å². The van der Waals surface area contributed by atoms with Crippen LogP contribution in [0.25, 0.3) is 0 Å². The molecule has 0 aliphatic carbocycles. The summed E-state index contributed by atoms with van der Waals surface area (Å²) in [5.74, 6) is 0. The van der Waals surface area contributed by atoms with Gasteiger partial charge in [0.05, 0.1) is 17.4 Å². The number of anilines is 2. The van der Waals surface area contributed by atoms with Crippen LogP contribution < -0.4 is 16.4 Å². The summed E-state index contributed by atoms with van der Waals surface area (Å²) < 4.78 is 0. The molecule has 0 aliphatic rings. The Labute approximate surface area is 94.0 Å². The van der Waals surface area contributed by atoms with Crippen molar-refractivity contribution in [3.05, 3.63) is 29.8 Å². The van der Waals surface area contributed by atoms with Crippen molar-refractivity contribution in [2.24, 2.45) is 0 Å². The fourth-order valence-electron chi connectivity index (χ4n) is 1.46. The Balaban J connectivity index is 3.06. The topological polar surface area (TPSA) is 84.2 Å². The van der Waals surface area contributed by atoms with Crippen LogP contribution in [0.15, 0.2) is 18.2 Å². The second-order valence-electron chi connectivity index (χ2n) is 3.12. The van der Waals surface area contributed by atoms with Gasteiger partial charge >= 0.3 is 0 Å². The van der Waals surface area contributed by atoms with Gasteiger partial charge in [0.25, 0.3) is 0 Å². The lowest BCUT2D eigenvalue weighted by Gasteiger charge is -2.17. The highest BCUT2D eigenvalue weighted by atomic mass is 16.1. The van der Waals surface area contributed by atoms with E-state index in [1.54, 1.807) is 18.2 Å². The summed E-state index contributed by atoms with van der Waals surface area (Å²) in [5.41, 5.74) is 7.58. The number of hydrogen-bond acceptors (Lipinski definition) is 3. The van der Waals surface area contributed by atoms with Crippen LogP contribution in [0.4, 0.5) is 11.4 Å². The Kier molecular flexibility index (Phi) is 4.32. The molecule has 1 rings (SSSR count). The number of nitrogen functional groups attached to an aromatic ring is 1. The maximum absolute atomic E-state index is 10.4. The third-order valence-electron chi connectivity index (χ3n) is 2.23. The number of amides is 2. The minimum Gasteiger partial charge on any atom is -0.397 e. The summed E-state index contributed by atoms with van der Waals surface area (Å²) in [7, 11) is 0. The lowest BCUT2D eigenvalue weighted by molar-refractivity contribution is -0.109. The molecule has 1 aromatic carbocycles. The number of para-hydroxylation sites is 1. The molecular weight excluding hydrogens is 206 g/mol. The quantitative estimate of drug-likeness (QED) is 0.491. The van der Waals surface area contributed by atoms with E-state index in [1.165, 1.54) is 0 Å².